The maximum Gasteiger partial charge on any atom is 0.254 e. The summed E-state index contributed by atoms with van der Waals surface area (Å²) in [4.78, 5) is 35.5. The molecule has 0 radical (unpaired) electrons. The standard InChI is InChI=1S/C30H31N3O4/c1-36-26-13-12-24(22-8-2-3-9-23(22)26)30(35)33-16-6-7-21(19-33)29(34)32-17-14-20(15-18-32)28-31-25-10-4-5-11-27(25)37-28/h2-5,8-13,20-21H,6-7,14-19H2,1H3. The summed E-state index contributed by atoms with van der Waals surface area (Å²) in [5.41, 5.74) is 2.35. The molecule has 7 heteroatoms. The van der Waals surface area contributed by atoms with E-state index in [1.165, 1.54) is 0 Å². The molecule has 2 fully saturated rings. The SMILES string of the molecule is COc1ccc(C(=O)N2CCCC(C(=O)N3CCC(c4nc5ccccc5o4)CC3)C2)c2ccccc12. The van der Waals surface area contributed by atoms with E-state index >= 15 is 0 Å². The summed E-state index contributed by atoms with van der Waals surface area (Å²) in [6.45, 7) is 2.51. The van der Waals surface area contributed by atoms with Crippen molar-refractivity contribution in [1.29, 1.82) is 0 Å². The van der Waals surface area contributed by atoms with Crippen LogP contribution in [0.3, 0.4) is 0 Å². The van der Waals surface area contributed by atoms with Gasteiger partial charge < -0.3 is 19.0 Å². The van der Waals surface area contributed by atoms with Crippen molar-refractivity contribution in [2.24, 2.45) is 5.92 Å². The zero-order chi connectivity index (χ0) is 25.4. The third-order valence-corrected chi connectivity index (χ3v) is 7.86. The number of likely N-dealkylation sites (tertiary alicyclic amines) is 2. The molecule has 3 heterocycles. The zero-order valence-corrected chi connectivity index (χ0v) is 21.1. The highest BCUT2D eigenvalue weighted by Gasteiger charge is 2.34. The zero-order valence-electron chi connectivity index (χ0n) is 21.1. The van der Waals surface area contributed by atoms with Crippen LogP contribution in [0, 0.1) is 5.92 Å². The Morgan fingerprint density at radius 2 is 1.65 bits per heavy atom. The highest BCUT2D eigenvalue weighted by molar-refractivity contribution is 6.08. The minimum absolute atomic E-state index is 0.0222. The minimum atomic E-state index is -0.164. The predicted octanol–water partition coefficient (Wildman–Crippen LogP) is 5.25. The molecule has 1 atom stereocenters. The van der Waals surface area contributed by atoms with Crippen molar-refractivity contribution < 1.29 is 18.7 Å². The first-order valence-electron chi connectivity index (χ1n) is 13.1. The Morgan fingerprint density at radius 3 is 2.43 bits per heavy atom. The van der Waals surface area contributed by atoms with Crippen LogP contribution in [0.15, 0.2) is 65.1 Å². The molecule has 7 nitrogen and oxygen atoms in total. The van der Waals surface area contributed by atoms with Crippen LogP contribution < -0.4 is 4.74 Å². The monoisotopic (exact) mass is 497 g/mol. The van der Waals surface area contributed by atoms with Crippen molar-refractivity contribution >= 4 is 33.7 Å². The first-order valence-corrected chi connectivity index (χ1v) is 13.1. The minimum Gasteiger partial charge on any atom is -0.496 e. The predicted molar refractivity (Wildman–Crippen MR) is 142 cm³/mol. The fraction of sp³-hybridized carbons (Fsp3) is 0.367. The van der Waals surface area contributed by atoms with Gasteiger partial charge in [0, 0.05) is 43.0 Å². The third kappa shape index (κ3) is 4.43. The molecular weight excluding hydrogens is 466 g/mol. The van der Waals surface area contributed by atoms with Crippen molar-refractivity contribution in [3.05, 3.63) is 72.1 Å². The van der Waals surface area contributed by atoms with Crippen molar-refractivity contribution in [3.63, 3.8) is 0 Å². The molecule has 0 N–H and O–H groups in total. The van der Waals surface area contributed by atoms with Crippen LogP contribution in [0.5, 0.6) is 5.75 Å². The molecule has 2 aliphatic heterocycles. The van der Waals surface area contributed by atoms with E-state index in [0.717, 1.165) is 59.2 Å². The van der Waals surface area contributed by atoms with Gasteiger partial charge in [0.05, 0.1) is 13.0 Å². The molecule has 2 amide bonds. The Kier molecular flexibility index (Phi) is 6.28. The molecule has 0 saturated carbocycles. The molecule has 0 spiro atoms. The number of fused-ring (bicyclic) bond motifs is 2. The lowest BCUT2D eigenvalue weighted by atomic mass is 9.92. The van der Waals surface area contributed by atoms with Gasteiger partial charge in [0.15, 0.2) is 11.5 Å². The lowest BCUT2D eigenvalue weighted by Crippen LogP contribution is -2.48. The van der Waals surface area contributed by atoms with E-state index in [4.69, 9.17) is 9.15 Å². The first kappa shape index (κ1) is 23.5. The number of carbonyl (C=O) groups is 2. The number of ether oxygens (including phenoxy) is 1. The maximum atomic E-state index is 13.6. The number of carbonyl (C=O) groups excluding carboxylic acids is 2. The molecule has 2 saturated heterocycles. The molecule has 37 heavy (non-hydrogen) atoms. The number of hydrogen-bond acceptors (Lipinski definition) is 5. The Hall–Kier alpha value is -3.87. The molecule has 0 bridgehead atoms. The molecule has 6 rings (SSSR count). The number of benzene rings is 3. The van der Waals surface area contributed by atoms with E-state index in [9.17, 15) is 9.59 Å². The quantitative estimate of drug-likeness (QED) is 0.385. The number of amides is 2. The average molecular weight is 498 g/mol. The second kappa shape index (κ2) is 9.88. The topological polar surface area (TPSA) is 75.9 Å². The second-order valence-corrected chi connectivity index (χ2v) is 10.1. The van der Waals surface area contributed by atoms with E-state index in [2.05, 4.69) is 4.98 Å². The number of methoxy groups -OCH3 is 1. The lowest BCUT2D eigenvalue weighted by molar-refractivity contribution is -0.138. The van der Waals surface area contributed by atoms with Crippen LogP contribution in [0.1, 0.15) is 47.8 Å². The number of piperidine rings is 2. The molecule has 4 aromatic rings. The maximum absolute atomic E-state index is 13.6. The van der Waals surface area contributed by atoms with Gasteiger partial charge in [0.2, 0.25) is 5.91 Å². The third-order valence-electron chi connectivity index (χ3n) is 7.86. The van der Waals surface area contributed by atoms with Gasteiger partial charge in [-0.2, -0.15) is 0 Å². The van der Waals surface area contributed by atoms with Crippen LogP contribution >= 0.6 is 0 Å². The van der Waals surface area contributed by atoms with Crippen molar-refractivity contribution in [2.75, 3.05) is 33.3 Å². The van der Waals surface area contributed by atoms with Crippen LogP contribution in [-0.4, -0.2) is 59.9 Å². The first-order chi connectivity index (χ1) is 18.1. The van der Waals surface area contributed by atoms with E-state index in [-0.39, 0.29) is 23.7 Å². The highest BCUT2D eigenvalue weighted by Crippen LogP contribution is 2.33. The van der Waals surface area contributed by atoms with Gasteiger partial charge in [-0.3, -0.25) is 9.59 Å². The number of para-hydroxylation sites is 2. The summed E-state index contributed by atoms with van der Waals surface area (Å²) >= 11 is 0. The van der Waals surface area contributed by atoms with Gasteiger partial charge >= 0.3 is 0 Å². The summed E-state index contributed by atoms with van der Waals surface area (Å²) in [6.07, 6.45) is 3.32. The number of hydrogen-bond donors (Lipinski definition) is 0. The van der Waals surface area contributed by atoms with E-state index in [0.29, 0.717) is 31.7 Å². The van der Waals surface area contributed by atoms with Gasteiger partial charge in [-0.15, -0.1) is 0 Å². The Labute approximate surface area is 216 Å². The van der Waals surface area contributed by atoms with Gasteiger partial charge in [-0.25, -0.2) is 4.98 Å². The number of oxazole rings is 1. The molecule has 190 valence electrons. The Bertz CT molecular complexity index is 1420. The van der Waals surface area contributed by atoms with Crippen molar-refractivity contribution in [1.82, 2.24) is 14.8 Å². The molecular formula is C30H31N3O4. The smallest absolute Gasteiger partial charge is 0.254 e. The van der Waals surface area contributed by atoms with E-state index in [1.807, 2.05) is 70.5 Å². The van der Waals surface area contributed by atoms with Crippen LogP contribution in [0.2, 0.25) is 0 Å². The number of aromatic nitrogens is 1. The fourth-order valence-electron chi connectivity index (χ4n) is 5.84. The summed E-state index contributed by atoms with van der Waals surface area (Å²) < 4.78 is 11.5. The normalized spacial score (nSPS) is 18.9. The highest BCUT2D eigenvalue weighted by atomic mass is 16.5. The number of nitrogens with zero attached hydrogens (tertiary/aromatic N) is 3. The second-order valence-electron chi connectivity index (χ2n) is 10.1. The molecule has 1 unspecified atom stereocenters. The summed E-state index contributed by atoms with van der Waals surface area (Å²) in [5, 5.41) is 1.80. The number of rotatable bonds is 4. The van der Waals surface area contributed by atoms with Gasteiger partial charge in [-0.1, -0.05) is 36.4 Å². The van der Waals surface area contributed by atoms with E-state index < -0.39 is 0 Å². The average Bonchev–Trinajstić information content (AvgIpc) is 3.40. The van der Waals surface area contributed by atoms with Crippen LogP contribution in [0.4, 0.5) is 0 Å². The molecule has 0 aliphatic carbocycles. The molecule has 2 aliphatic rings. The van der Waals surface area contributed by atoms with Gasteiger partial charge in [-0.05, 0) is 55.3 Å². The molecule has 3 aromatic carbocycles. The van der Waals surface area contributed by atoms with Gasteiger partial charge in [0.1, 0.15) is 11.3 Å². The Morgan fingerprint density at radius 1 is 0.892 bits per heavy atom. The van der Waals surface area contributed by atoms with E-state index in [1.54, 1.807) is 7.11 Å². The van der Waals surface area contributed by atoms with Crippen molar-refractivity contribution in [2.45, 2.75) is 31.6 Å². The summed E-state index contributed by atoms with van der Waals surface area (Å²) in [5.74, 6) is 1.72. The van der Waals surface area contributed by atoms with Gasteiger partial charge in [0.25, 0.3) is 5.91 Å². The lowest BCUT2D eigenvalue weighted by Gasteiger charge is -2.37. The van der Waals surface area contributed by atoms with Crippen LogP contribution in [0.25, 0.3) is 21.9 Å². The summed E-state index contributed by atoms with van der Waals surface area (Å²) in [6, 6.07) is 19.3. The summed E-state index contributed by atoms with van der Waals surface area (Å²) in [7, 11) is 1.64. The van der Waals surface area contributed by atoms with Crippen LogP contribution in [-0.2, 0) is 4.79 Å². The Balaban J connectivity index is 1.12. The molecule has 1 aromatic heterocycles. The van der Waals surface area contributed by atoms with Crippen molar-refractivity contribution in [3.8, 4) is 5.75 Å². The largest absolute Gasteiger partial charge is 0.496 e. The fourth-order valence-corrected chi connectivity index (χ4v) is 5.84.